The van der Waals surface area contributed by atoms with Crippen LogP contribution in [0.4, 0.5) is 4.79 Å². The van der Waals surface area contributed by atoms with Crippen LogP contribution in [0.25, 0.3) is 0 Å². The van der Waals surface area contributed by atoms with Gasteiger partial charge in [-0.2, -0.15) is 0 Å². The summed E-state index contributed by atoms with van der Waals surface area (Å²) in [4.78, 5) is 44.4. The van der Waals surface area contributed by atoms with E-state index in [0.717, 1.165) is 31.9 Å². The average molecular weight is 534 g/mol. The molecule has 0 spiro atoms. The molecule has 0 aliphatic heterocycles. The number of nitrogens with two attached hydrogens (primary N) is 2. The van der Waals surface area contributed by atoms with Crippen LogP contribution >= 0.6 is 0 Å². The first kappa shape index (κ1) is 32.5. The summed E-state index contributed by atoms with van der Waals surface area (Å²) in [6.45, 7) is 6.78. The number of aliphatic imine (C=N–C) groups is 1. The Morgan fingerprint density at radius 2 is 1.87 bits per heavy atom. The molecule has 0 saturated carbocycles. The smallest absolute Gasteiger partial charge is 0.408 e. The zero-order valence-electron chi connectivity index (χ0n) is 22.7. The highest BCUT2D eigenvalue weighted by atomic mass is 16.6. The van der Waals surface area contributed by atoms with Gasteiger partial charge in [-0.1, -0.05) is 12.8 Å². The SMILES string of the molecule is CC(C)(C)OC(=O)NC(CCCCN=C(N)C(C=N)c1ccc(C(=O)O)cn1)C(=O)NCCCCCCN. The lowest BCUT2D eigenvalue weighted by molar-refractivity contribution is -0.123. The van der Waals surface area contributed by atoms with E-state index in [0.29, 0.717) is 44.6 Å². The number of amidine groups is 1. The number of amides is 2. The molecule has 1 aromatic heterocycles. The van der Waals surface area contributed by atoms with Crippen molar-refractivity contribution in [3.8, 4) is 0 Å². The number of carboxylic acids is 1. The number of aromatic carboxylic acids is 1. The molecule has 0 fully saturated rings. The van der Waals surface area contributed by atoms with E-state index in [2.05, 4.69) is 20.6 Å². The first-order valence-corrected chi connectivity index (χ1v) is 13.0. The maximum Gasteiger partial charge on any atom is 0.408 e. The maximum absolute atomic E-state index is 12.7. The third kappa shape index (κ3) is 13.1. The molecule has 2 amide bonds. The minimum absolute atomic E-state index is 0.0400. The average Bonchev–Trinajstić information content (AvgIpc) is 2.84. The minimum atomic E-state index is -1.09. The summed E-state index contributed by atoms with van der Waals surface area (Å²) in [6.07, 6.45) is 7.00. The molecule has 0 bridgehead atoms. The topological polar surface area (TPSA) is 206 Å². The van der Waals surface area contributed by atoms with E-state index in [9.17, 15) is 14.4 Å². The van der Waals surface area contributed by atoms with E-state index in [1.54, 1.807) is 20.8 Å². The molecule has 1 aromatic rings. The number of hydrogen-bond acceptors (Lipinski definition) is 8. The van der Waals surface area contributed by atoms with Crippen LogP contribution < -0.4 is 22.1 Å². The number of nitrogens with one attached hydrogen (secondary N) is 3. The lowest BCUT2D eigenvalue weighted by Crippen LogP contribution is -2.48. The fraction of sp³-hybridized carbons (Fsp3) is 0.615. The highest BCUT2D eigenvalue weighted by Crippen LogP contribution is 2.13. The monoisotopic (exact) mass is 533 g/mol. The molecule has 38 heavy (non-hydrogen) atoms. The molecule has 2 unspecified atom stereocenters. The summed E-state index contributed by atoms with van der Waals surface area (Å²) in [5.41, 5.74) is 11.3. The Kier molecular flexibility index (Phi) is 14.6. The lowest BCUT2D eigenvalue weighted by Gasteiger charge is -2.23. The second-order valence-corrected chi connectivity index (χ2v) is 9.92. The number of carbonyl (C=O) groups excluding carboxylic acids is 2. The van der Waals surface area contributed by atoms with Crippen molar-refractivity contribution in [3.05, 3.63) is 29.6 Å². The Hall–Kier alpha value is -3.54. The van der Waals surface area contributed by atoms with Gasteiger partial charge >= 0.3 is 12.1 Å². The third-order valence-electron chi connectivity index (χ3n) is 5.47. The van der Waals surface area contributed by atoms with Crippen LogP contribution in [0.3, 0.4) is 0 Å². The molecule has 0 aliphatic rings. The zero-order chi connectivity index (χ0) is 28.6. The predicted molar refractivity (Wildman–Crippen MR) is 147 cm³/mol. The molecule has 1 rings (SSSR count). The summed E-state index contributed by atoms with van der Waals surface area (Å²) < 4.78 is 5.31. The van der Waals surface area contributed by atoms with Gasteiger partial charge in [0.25, 0.3) is 0 Å². The normalized spacial score (nSPS) is 13.3. The molecular weight excluding hydrogens is 490 g/mol. The van der Waals surface area contributed by atoms with Crippen molar-refractivity contribution in [2.75, 3.05) is 19.6 Å². The van der Waals surface area contributed by atoms with E-state index in [1.807, 2.05) is 0 Å². The highest BCUT2D eigenvalue weighted by Gasteiger charge is 2.24. The van der Waals surface area contributed by atoms with Gasteiger partial charge in [0, 0.05) is 25.5 Å². The van der Waals surface area contributed by atoms with Crippen LogP contribution in [0.1, 0.15) is 87.7 Å². The van der Waals surface area contributed by atoms with E-state index in [4.69, 9.17) is 26.7 Å². The van der Waals surface area contributed by atoms with Crippen molar-refractivity contribution < 1.29 is 24.2 Å². The lowest BCUT2D eigenvalue weighted by atomic mass is 10.0. The molecule has 12 heteroatoms. The summed E-state index contributed by atoms with van der Waals surface area (Å²) in [5.74, 6) is -1.84. The van der Waals surface area contributed by atoms with Crippen molar-refractivity contribution in [2.45, 2.75) is 83.3 Å². The number of carboxylic acid groups (broad SMARTS) is 1. The van der Waals surface area contributed by atoms with E-state index < -0.39 is 29.6 Å². The molecule has 0 radical (unpaired) electrons. The van der Waals surface area contributed by atoms with Gasteiger partial charge in [0.1, 0.15) is 17.5 Å². The van der Waals surface area contributed by atoms with Gasteiger partial charge in [-0.25, -0.2) is 9.59 Å². The summed E-state index contributed by atoms with van der Waals surface area (Å²) in [5, 5.41) is 22.2. The molecule has 0 aromatic carbocycles. The molecule has 0 saturated heterocycles. The number of rotatable bonds is 17. The number of alkyl carbamates (subject to hydrolysis) is 1. The standard InChI is InChI=1S/C26H43N7O5/c1-26(2,3)38-25(37)33-21(23(34)31-15-8-5-4-7-13-27)10-6-9-14-30-22(29)19(16-28)20-12-11-18(17-32-20)24(35)36/h11-12,16-17,19,21,28H,4-10,13-15,27H2,1-3H3,(H2,29,30)(H,31,34)(H,33,37)(H,35,36). The fourth-order valence-corrected chi connectivity index (χ4v) is 3.48. The summed E-state index contributed by atoms with van der Waals surface area (Å²) >= 11 is 0. The van der Waals surface area contributed by atoms with Gasteiger partial charge < -0.3 is 37.4 Å². The van der Waals surface area contributed by atoms with Gasteiger partial charge in [-0.05, 0) is 71.6 Å². The molecule has 12 nitrogen and oxygen atoms in total. The van der Waals surface area contributed by atoms with Crippen LogP contribution in [-0.2, 0) is 9.53 Å². The predicted octanol–water partition coefficient (Wildman–Crippen LogP) is 2.57. The van der Waals surface area contributed by atoms with E-state index in [1.165, 1.54) is 18.3 Å². The molecule has 212 valence electrons. The Morgan fingerprint density at radius 3 is 2.45 bits per heavy atom. The van der Waals surface area contributed by atoms with Crippen LogP contribution in [0, 0.1) is 5.41 Å². The van der Waals surface area contributed by atoms with Gasteiger partial charge in [-0.15, -0.1) is 0 Å². The summed E-state index contributed by atoms with van der Waals surface area (Å²) in [6, 6.07) is 2.16. The number of aromatic nitrogens is 1. The molecule has 2 atom stereocenters. The Balaban J connectivity index is 2.65. The van der Waals surface area contributed by atoms with Gasteiger partial charge in [0.2, 0.25) is 5.91 Å². The number of unbranched alkanes of at least 4 members (excludes halogenated alkanes) is 4. The fourth-order valence-electron chi connectivity index (χ4n) is 3.48. The maximum atomic E-state index is 12.7. The third-order valence-corrected chi connectivity index (χ3v) is 5.47. The van der Waals surface area contributed by atoms with Gasteiger partial charge in [-0.3, -0.25) is 14.8 Å². The molecule has 0 aliphatic carbocycles. The second kappa shape index (κ2) is 17.1. The van der Waals surface area contributed by atoms with Crippen molar-refractivity contribution in [3.63, 3.8) is 0 Å². The number of carbonyl (C=O) groups is 3. The molecular formula is C26H43N7O5. The Labute approximate surface area is 224 Å². The molecule has 1 heterocycles. The largest absolute Gasteiger partial charge is 0.478 e. The van der Waals surface area contributed by atoms with Crippen LogP contribution in [-0.4, -0.2) is 71.4 Å². The van der Waals surface area contributed by atoms with E-state index in [-0.39, 0.29) is 17.3 Å². The van der Waals surface area contributed by atoms with Crippen molar-refractivity contribution >= 4 is 30.0 Å². The Bertz CT molecular complexity index is 929. The first-order valence-electron chi connectivity index (χ1n) is 13.0. The first-order chi connectivity index (χ1) is 18.0. The second-order valence-electron chi connectivity index (χ2n) is 9.92. The van der Waals surface area contributed by atoms with Crippen molar-refractivity contribution in [1.29, 1.82) is 5.41 Å². The van der Waals surface area contributed by atoms with Gasteiger partial charge in [0.15, 0.2) is 0 Å². The van der Waals surface area contributed by atoms with Crippen molar-refractivity contribution in [2.24, 2.45) is 16.5 Å². The number of nitrogens with zero attached hydrogens (tertiary/aromatic N) is 2. The van der Waals surface area contributed by atoms with Crippen LogP contribution in [0.5, 0.6) is 0 Å². The molecule has 8 N–H and O–H groups in total. The quantitative estimate of drug-likeness (QED) is 0.0994. The van der Waals surface area contributed by atoms with Gasteiger partial charge in [0.05, 0.1) is 17.2 Å². The zero-order valence-corrected chi connectivity index (χ0v) is 22.7. The Morgan fingerprint density at radius 1 is 1.16 bits per heavy atom. The summed E-state index contributed by atoms with van der Waals surface area (Å²) in [7, 11) is 0. The number of pyridine rings is 1. The van der Waals surface area contributed by atoms with E-state index >= 15 is 0 Å². The number of hydrogen-bond donors (Lipinski definition) is 6. The number of ether oxygens (including phenoxy) is 1. The highest BCUT2D eigenvalue weighted by molar-refractivity contribution is 6.00. The van der Waals surface area contributed by atoms with Crippen LogP contribution in [0.15, 0.2) is 23.3 Å². The van der Waals surface area contributed by atoms with Crippen molar-refractivity contribution in [1.82, 2.24) is 15.6 Å². The minimum Gasteiger partial charge on any atom is -0.478 e. The van der Waals surface area contributed by atoms with Crippen LogP contribution in [0.2, 0.25) is 0 Å².